The first-order valence-electron chi connectivity index (χ1n) is 7.61. The van der Waals surface area contributed by atoms with E-state index in [2.05, 4.69) is 15.0 Å². The lowest BCUT2D eigenvalue weighted by atomic mass is 10.0. The van der Waals surface area contributed by atoms with Gasteiger partial charge in [0.25, 0.3) is 0 Å². The fourth-order valence-electron chi connectivity index (χ4n) is 2.74. The Balaban J connectivity index is 1.85. The number of carbonyl (C=O) groups excluding carboxylic acids is 1. The smallest absolute Gasteiger partial charge is 0.198 e. The van der Waals surface area contributed by atoms with Crippen LogP contribution >= 0.6 is 0 Å². The van der Waals surface area contributed by atoms with Crippen molar-refractivity contribution in [3.63, 3.8) is 0 Å². The maximum absolute atomic E-state index is 14.0. The number of nitrogens with one attached hydrogen (secondary N) is 1. The molecular formula is C19H13FN4O. The van der Waals surface area contributed by atoms with Crippen LogP contribution in [0.4, 0.5) is 10.1 Å². The average Bonchev–Trinajstić information content (AvgIpc) is 3.07. The zero-order chi connectivity index (χ0) is 17.4. The average molecular weight is 332 g/mol. The molecule has 122 valence electrons. The number of nitrogens with two attached hydrogens (primary N) is 1. The van der Waals surface area contributed by atoms with Crippen LogP contribution in [0.1, 0.15) is 15.9 Å². The van der Waals surface area contributed by atoms with Gasteiger partial charge < -0.3 is 10.7 Å². The van der Waals surface area contributed by atoms with Gasteiger partial charge in [0.15, 0.2) is 5.78 Å². The zero-order valence-electron chi connectivity index (χ0n) is 13.0. The van der Waals surface area contributed by atoms with Crippen molar-refractivity contribution in [1.82, 2.24) is 15.0 Å². The van der Waals surface area contributed by atoms with Gasteiger partial charge in [-0.1, -0.05) is 6.07 Å². The molecule has 0 radical (unpaired) electrons. The summed E-state index contributed by atoms with van der Waals surface area (Å²) in [4.78, 5) is 24.2. The van der Waals surface area contributed by atoms with Gasteiger partial charge in [0.05, 0.1) is 5.56 Å². The molecule has 0 saturated carbocycles. The number of nitrogens with zero attached hydrogens (tertiary/aromatic N) is 2. The van der Waals surface area contributed by atoms with Crippen LogP contribution in [0.5, 0.6) is 0 Å². The molecule has 0 amide bonds. The second kappa shape index (κ2) is 5.83. The molecule has 0 fully saturated rings. The number of aromatic nitrogens is 3. The maximum atomic E-state index is 14.0. The Labute approximate surface area is 142 Å². The molecule has 5 nitrogen and oxygen atoms in total. The van der Waals surface area contributed by atoms with Crippen molar-refractivity contribution in [2.45, 2.75) is 0 Å². The third kappa shape index (κ3) is 2.63. The van der Waals surface area contributed by atoms with Gasteiger partial charge in [0, 0.05) is 52.6 Å². The van der Waals surface area contributed by atoms with Crippen molar-refractivity contribution >= 4 is 22.5 Å². The molecule has 0 saturated heterocycles. The lowest BCUT2D eigenvalue weighted by molar-refractivity contribution is 0.103. The highest BCUT2D eigenvalue weighted by molar-refractivity contribution is 6.16. The second-order valence-corrected chi connectivity index (χ2v) is 5.63. The van der Waals surface area contributed by atoms with Crippen LogP contribution in [0.3, 0.4) is 0 Å². The lowest BCUT2D eigenvalue weighted by Gasteiger charge is -2.04. The van der Waals surface area contributed by atoms with E-state index in [9.17, 15) is 9.18 Å². The van der Waals surface area contributed by atoms with Gasteiger partial charge in [-0.05, 0) is 30.3 Å². The number of benzene rings is 1. The van der Waals surface area contributed by atoms with Crippen LogP contribution in [0.2, 0.25) is 0 Å². The second-order valence-electron chi connectivity index (χ2n) is 5.63. The van der Waals surface area contributed by atoms with E-state index in [0.717, 1.165) is 11.1 Å². The minimum Gasteiger partial charge on any atom is -0.399 e. The van der Waals surface area contributed by atoms with E-state index in [-0.39, 0.29) is 5.56 Å². The SMILES string of the molecule is Nc1ccc(F)c(C(=O)c2c[nH]c3ncc(-c4cccnc4)cc23)c1. The Kier molecular flexibility index (Phi) is 3.50. The molecule has 0 aliphatic carbocycles. The summed E-state index contributed by atoms with van der Waals surface area (Å²) < 4.78 is 14.0. The van der Waals surface area contributed by atoms with Gasteiger partial charge in [-0.15, -0.1) is 0 Å². The third-order valence-corrected chi connectivity index (χ3v) is 4.01. The maximum Gasteiger partial charge on any atom is 0.198 e. The number of hydrogen-bond acceptors (Lipinski definition) is 4. The van der Waals surface area contributed by atoms with Crippen LogP contribution in [0, 0.1) is 5.82 Å². The molecule has 6 heteroatoms. The monoisotopic (exact) mass is 332 g/mol. The molecule has 1 aromatic carbocycles. The Morgan fingerprint density at radius 2 is 1.96 bits per heavy atom. The number of fused-ring (bicyclic) bond motifs is 1. The summed E-state index contributed by atoms with van der Waals surface area (Å²) in [6.45, 7) is 0. The third-order valence-electron chi connectivity index (χ3n) is 4.01. The highest BCUT2D eigenvalue weighted by Gasteiger charge is 2.19. The Morgan fingerprint density at radius 3 is 2.76 bits per heavy atom. The first-order valence-corrected chi connectivity index (χ1v) is 7.61. The van der Waals surface area contributed by atoms with Crippen molar-refractivity contribution in [2.24, 2.45) is 0 Å². The van der Waals surface area contributed by atoms with E-state index in [0.29, 0.717) is 22.3 Å². The largest absolute Gasteiger partial charge is 0.399 e. The summed E-state index contributed by atoms with van der Waals surface area (Å²) in [5.74, 6) is -1.05. The molecule has 25 heavy (non-hydrogen) atoms. The number of aromatic amines is 1. The molecule has 0 unspecified atom stereocenters. The number of pyridine rings is 2. The number of nitrogen functional groups attached to an aromatic ring is 1. The zero-order valence-corrected chi connectivity index (χ0v) is 13.0. The minimum atomic E-state index is -0.607. The summed E-state index contributed by atoms with van der Waals surface area (Å²) in [5.41, 5.74) is 8.56. The Morgan fingerprint density at radius 1 is 1.08 bits per heavy atom. The molecule has 3 aromatic heterocycles. The fraction of sp³-hybridized carbons (Fsp3) is 0. The number of ketones is 1. The number of anilines is 1. The standard InChI is InChI=1S/C19H13FN4O/c20-17-4-3-13(21)7-15(17)18(25)16-10-24-19-14(16)6-12(9-23-19)11-2-1-5-22-8-11/h1-10H,21H2,(H,23,24). The van der Waals surface area contributed by atoms with E-state index in [1.807, 2.05) is 18.2 Å². The van der Waals surface area contributed by atoms with Gasteiger partial charge in [0.2, 0.25) is 0 Å². The molecule has 3 heterocycles. The molecule has 4 aromatic rings. The highest BCUT2D eigenvalue weighted by Crippen LogP contribution is 2.26. The van der Waals surface area contributed by atoms with Gasteiger partial charge in [0.1, 0.15) is 11.5 Å². The molecule has 0 aliphatic rings. The summed E-state index contributed by atoms with van der Waals surface area (Å²) in [5, 5.41) is 0.619. The summed E-state index contributed by atoms with van der Waals surface area (Å²) >= 11 is 0. The number of carbonyl (C=O) groups is 1. The normalized spacial score (nSPS) is 10.9. The molecule has 4 rings (SSSR count). The van der Waals surface area contributed by atoms with Gasteiger partial charge >= 0.3 is 0 Å². The summed E-state index contributed by atoms with van der Waals surface area (Å²) in [6, 6.07) is 9.52. The number of halogens is 1. The molecular weight excluding hydrogens is 319 g/mol. The topological polar surface area (TPSA) is 84.7 Å². The molecule has 3 N–H and O–H groups in total. The van der Waals surface area contributed by atoms with Gasteiger partial charge in [-0.2, -0.15) is 0 Å². The van der Waals surface area contributed by atoms with Crippen LogP contribution < -0.4 is 5.73 Å². The lowest BCUT2D eigenvalue weighted by Crippen LogP contribution is -2.04. The van der Waals surface area contributed by atoms with Crippen molar-refractivity contribution in [1.29, 1.82) is 0 Å². The first kappa shape index (κ1) is 15.0. The fourth-order valence-corrected chi connectivity index (χ4v) is 2.74. The predicted octanol–water partition coefficient (Wildman–Crippen LogP) is 3.58. The molecule has 0 aliphatic heterocycles. The van der Waals surface area contributed by atoms with E-state index in [1.165, 1.54) is 24.4 Å². The minimum absolute atomic E-state index is 0.0623. The number of H-pyrrole nitrogens is 1. The van der Waals surface area contributed by atoms with Crippen LogP contribution in [-0.4, -0.2) is 20.7 Å². The molecule has 0 spiro atoms. The first-order chi connectivity index (χ1) is 12.1. The van der Waals surface area contributed by atoms with Crippen LogP contribution in [-0.2, 0) is 0 Å². The van der Waals surface area contributed by atoms with Crippen LogP contribution in [0.25, 0.3) is 22.2 Å². The molecule has 0 atom stereocenters. The van der Waals surface area contributed by atoms with Crippen molar-refractivity contribution in [3.05, 3.63) is 78.1 Å². The van der Waals surface area contributed by atoms with E-state index in [1.54, 1.807) is 18.6 Å². The van der Waals surface area contributed by atoms with Crippen LogP contribution in [0.15, 0.2) is 61.2 Å². The number of rotatable bonds is 3. The molecule has 0 bridgehead atoms. The van der Waals surface area contributed by atoms with Gasteiger partial charge in [-0.25, -0.2) is 9.37 Å². The van der Waals surface area contributed by atoms with E-state index < -0.39 is 11.6 Å². The number of hydrogen-bond donors (Lipinski definition) is 2. The van der Waals surface area contributed by atoms with E-state index >= 15 is 0 Å². The highest BCUT2D eigenvalue weighted by atomic mass is 19.1. The Hall–Kier alpha value is -3.54. The summed E-state index contributed by atoms with van der Waals surface area (Å²) in [7, 11) is 0. The van der Waals surface area contributed by atoms with Crippen molar-refractivity contribution in [2.75, 3.05) is 5.73 Å². The predicted molar refractivity (Wildman–Crippen MR) is 93.6 cm³/mol. The van der Waals surface area contributed by atoms with Crippen molar-refractivity contribution < 1.29 is 9.18 Å². The van der Waals surface area contributed by atoms with Gasteiger partial charge in [-0.3, -0.25) is 9.78 Å². The van der Waals surface area contributed by atoms with E-state index in [4.69, 9.17) is 5.73 Å². The van der Waals surface area contributed by atoms with Crippen molar-refractivity contribution in [3.8, 4) is 11.1 Å². The quantitative estimate of drug-likeness (QED) is 0.444. The Bertz CT molecular complexity index is 1090. The summed E-state index contributed by atoms with van der Waals surface area (Å²) in [6.07, 6.45) is 6.64.